The number of piperidine rings is 1. The lowest BCUT2D eigenvalue weighted by molar-refractivity contribution is -0.127. The summed E-state index contributed by atoms with van der Waals surface area (Å²) in [6, 6.07) is 28.9. The Kier molecular flexibility index (Phi) is 8.07. The molecule has 4 nitrogen and oxygen atoms in total. The number of carbonyl (C=O) groups is 1. The standard InChI is InChI=1S/C28H32N2O2/c31-28(26-16-9-17-30(20-26)19-23-10-3-1-4-11-23)29-18-25-14-7-8-15-27(25)22-32-21-24-12-5-2-6-13-24/h1-8,10-15,26H,9,16-22H2,(H,29,31). The van der Waals surface area contributed by atoms with Gasteiger partial charge in [0, 0.05) is 19.6 Å². The van der Waals surface area contributed by atoms with E-state index in [0.717, 1.165) is 49.2 Å². The van der Waals surface area contributed by atoms with Crippen molar-refractivity contribution in [3.63, 3.8) is 0 Å². The molecule has 1 amide bonds. The van der Waals surface area contributed by atoms with Crippen LogP contribution in [0.4, 0.5) is 0 Å². The Bertz CT molecular complexity index is 975. The van der Waals surface area contributed by atoms with Gasteiger partial charge in [0.25, 0.3) is 0 Å². The summed E-state index contributed by atoms with van der Waals surface area (Å²) in [4.78, 5) is 15.3. The van der Waals surface area contributed by atoms with Crippen LogP contribution in [0.15, 0.2) is 84.9 Å². The smallest absolute Gasteiger partial charge is 0.224 e. The van der Waals surface area contributed by atoms with E-state index in [1.165, 1.54) is 5.56 Å². The van der Waals surface area contributed by atoms with E-state index in [4.69, 9.17) is 4.74 Å². The first-order chi connectivity index (χ1) is 15.8. The number of carbonyl (C=O) groups excluding carboxylic acids is 1. The molecule has 32 heavy (non-hydrogen) atoms. The third-order valence-corrected chi connectivity index (χ3v) is 6.07. The maximum atomic E-state index is 12.9. The van der Waals surface area contributed by atoms with Gasteiger partial charge in [0.1, 0.15) is 0 Å². The highest BCUT2D eigenvalue weighted by atomic mass is 16.5. The number of benzene rings is 3. The van der Waals surface area contributed by atoms with Crippen LogP contribution in [0.5, 0.6) is 0 Å². The predicted octanol–water partition coefficient (Wildman–Crippen LogP) is 4.93. The van der Waals surface area contributed by atoms with Gasteiger partial charge in [-0.25, -0.2) is 0 Å². The zero-order valence-corrected chi connectivity index (χ0v) is 18.6. The van der Waals surface area contributed by atoms with Gasteiger partial charge in [0.05, 0.1) is 19.1 Å². The molecule has 0 saturated carbocycles. The molecule has 1 fully saturated rings. The number of nitrogens with zero attached hydrogens (tertiary/aromatic N) is 1. The molecule has 4 rings (SSSR count). The fourth-order valence-electron chi connectivity index (χ4n) is 4.31. The van der Waals surface area contributed by atoms with Crippen molar-refractivity contribution >= 4 is 5.91 Å². The van der Waals surface area contributed by atoms with Gasteiger partial charge < -0.3 is 10.1 Å². The van der Waals surface area contributed by atoms with Crippen molar-refractivity contribution in [2.24, 2.45) is 5.92 Å². The molecular weight excluding hydrogens is 396 g/mol. The van der Waals surface area contributed by atoms with Crippen molar-refractivity contribution in [1.29, 1.82) is 0 Å². The second-order valence-electron chi connectivity index (χ2n) is 8.52. The van der Waals surface area contributed by atoms with Gasteiger partial charge in [0.2, 0.25) is 5.91 Å². The summed E-state index contributed by atoms with van der Waals surface area (Å²) in [5.74, 6) is 0.205. The van der Waals surface area contributed by atoms with Crippen LogP contribution in [-0.4, -0.2) is 23.9 Å². The van der Waals surface area contributed by atoms with Crippen LogP contribution in [0.2, 0.25) is 0 Å². The van der Waals surface area contributed by atoms with E-state index < -0.39 is 0 Å². The molecular formula is C28H32N2O2. The fraction of sp³-hybridized carbons (Fsp3) is 0.321. The average Bonchev–Trinajstić information content (AvgIpc) is 2.85. The molecule has 1 atom stereocenters. The van der Waals surface area contributed by atoms with E-state index in [-0.39, 0.29) is 11.8 Å². The van der Waals surface area contributed by atoms with Gasteiger partial charge in [-0.2, -0.15) is 0 Å². The Hall–Kier alpha value is -2.95. The van der Waals surface area contributed by atoms with Crippen LogP contribution in [0.1, 0.15) is 35.1 Å². The van der Waals surface area contributed by atoms with Crippen molar-refractivity contribution in [2.75, 3.05) is 13.1 Å². The molecule has 1 aliphatic heterocycles. The molecule has 1 unspecified atom stereocenters. The van der Waals surface area contributed by atoms with Crippen LogP contribution in [0.25, 0.3) is 0 Å². The Balaban J connectivity index is 1.27. The molecule has 0 spiro atoms. The summed E-state index contributed by atoms with van der Waals surface area (Å²) in [6.45, 7) is 4.45. The number of hydrogen-bond acceptors (Lipinski definition) is 3. The maximum Gasteiger partial charge on any atom is 0.224 e. The van der Waals surface area contributed by atoms with Crippen LogP contribution in [-0.2, 0) is 35.8 Å². The first kappa shape index (κ1) is 22.3. The number of ether oxygens (including phenoxy) is 1. The first-order valence-corrected chi connectivity index (χ1v) is 11.5. The monoisotopic (exact) mass is 428 g/mol. The van der Waals surface area contributed by atoms with Gasteiger partial charge in [0.15, 0.2) is 0 Å². The molecule has 3 aromatic rings. The van der Waals surface area contributed by atoms with E-state index in [9.17, 15) is 4.79 Å². The van der Waals surface area contributed by atoms with Crippen molar-refractivity contribution in [2.45, 2.75) is 39.1 Å². The summed E-state index contributed by atoms with van der Waals surface area (Å²) in [6.07, 6.45) is 2.02. The van der Waals surface area contributed by atoms with Crippen LogP contribution in [0.3, 0.4) is 0 Å². The van der Waals surface area contributed by atoms with E-state index in [0.29, 0.717) is 19.8 Å². The summed E-state index contributed by atoms with van der Waals surface area (Å²) in [5.41, 5.74) is 4.71. The minimum atomic E-state index is 0.0500. The Morgan fingerprint density at radius 2 is 1.50 bits per heavy atom. The lowest BCUT2D eigenvalue weighted by Crippen LogP contribution is -2.42. The SMILES string of the molecule is O=C(NCc1ccccc1COCc1ccccc1)C1CCCN(Cc2ccccc2)C1. The highest BCUT2D eigenvalue weighted by Gasteiger charge is 2.25. The van der Waals surface area contributed by atoms with Gasteiger partial charge in [-0.1, -0.05) is 84.9 Å². The minimum Gasteiger partial charge on any atom is -0.372 e. The van der Waals surface area contributed by atoms with E-state index in [2.05, 4.69) is 58.7 Å². The predicted molar refractivity (Wildman–Crippen MR) is 128 cm³/mol. The van der Waals surface area contributed by atoms with Crippen molar-refractivity contribution in [3.05, 3.63) is 107 Å². The lowest BCUT2D eigenvalue weighted by Gasteiger charge is -2.32. The molecule has 3 aromatic carbocycles. The molecule has 0 aliphatic carbocycles. The highest BCUT2D eigenvalue weighted by Crippen LogP contribution is 2.19. The molecule has 166 valence electrons. The van der Waals surface area contributed by atoms with Crippen molar-refractivity contribution in [1.82, 2.24) is 10.2 Å². The van der Waals surface area contributed by atoms with Gasteiger partial charge >= 0.3 is 0 Å². The van der Waals surface area contributed by atoms with Crippen molar-refractivity contribution in [3.8, 4) is 0 Å². The Labute approximate surface area is 191 Å². The summed E-state index contributed by atoms with van der Waals surface area (Å²) < 4.78 is 5.92. The van der Waals surface area contributed by atoms with E-state index >= 15 is 0 Å². The normalized spacial score (nSPS) is 16.6. The second-order valence-corrected chi connectivity index (χ2v) is 8.52. The molecule has 0 radical (unpaired) electrons. The van der Waals surface area contributed by atoms with Crippen LogP contribution < -0.4 is 5.32 Å². The van der Waals surface area contributed by atoms with Crippen molar-refractivity contribution < 1.29 is 9.53 Å². The molecule has 1 N–H and O–H groups in total. The quantitative estimate of drug-likeness (QED) is 0.525. The Morgan fingerprint density at radius 1 is 0.844 bits per heavy atom. The highest BCUT2D eigenvalue weighted by molar-refractivity contribution is 5.79. The minimum absolute atomic E-state index is 0.0500. The lowest BCUT2D eigenvalue weighted by atomic mass is 9.96. The van der Waals surface area contributed by atoms with Gasteiger partial charge in [-0.3, -0.25) is 9.69 Å². The molecule has 1 aliphatic rings. The summed E-state index contributed by atoms with van der Waals surface area (Å²) in [7, 11) is 0. The Morgan fingerprint density at radius 3 is 2.25 bits per heavy atom. The molecule has 0 bridgehead atoms. The maximum absolute atomic E-state index is 12.9. The third kappa shape index (κ3) is 6.52. The van der Waals surface area contributed by atoms with Gasteiger partial charge in [-0.05, 0) is 41.6 Å². The second kappa shape index (κ2) is 11.6. The number of hydrogen-bond donors (Lipinski definition) is 1. The zero-order valence-electron chi connectivity index (χ0n) is 18.6. The number of likely N-dealkylation sites (tertiary alicyclic amines) is 1. The molecule has 4 heteroatoms. The van der Waals surface area contributed by atoms with Crippen LogP contribution in [0, 0.1) is 5.92 Å². The summed E-state index contributed by atoms with van der Waals surface area (Å²) in [5, 5.41) is 3.18. The number of amides is 1. The van der Waals surface area contributed by atoms with Gasteiger partial charge in [-0.15, -0.1) is 0 Å². The number of nitrogens with one attached hydrogen (secondary N) is 1. The number of rotatable bonds is 9. The topological polar surface area (TPSA) is 41.6 Å². The molecule has 0 aromatic heterocycles. The summed E-state index contributed by atoms with van der Waals surface area (Å²) >= 11 is 0. The van der Waals surface area contributed by atoms with E-state index in [1.807, 2.05) is 36.4 Å². The first-order valence-electron chi connectivity index (χ1n) is 11.5. The average molecular weight is 429 g/mol. The fourth-order valence-corrected chi connectivity index (χ4v) is 4.31. The molecule has 1 saturated heterocycles. The van der Waals surface area contributed by atoms with Crippen LogP contribution >= 0.6 is 0 Å². The largest absolute Gasteiger partial charge is 0.372 e. The zero-order chi connectivity index (χ0) is 22.0. The molecule has 1 heterocycles. The third-order valence-electron chi connectivity index (χ3n) is 6.07. The van der Waals surface area contributed by atoms with E-state index in [1.54, 1.807) is 0 Å².